The maximum Gasteiger partial charge on any atom is 0.573 e. The lowest BCUT2D eigenvalue weighted by Crippen LogP contribution is -2.53. The molecule has 0 radical (unpaired) electrons. The van der Waals surface area contributed by atoms with Gasteiger partial charge in [-0.15, -0.1) is 13.2 Å². The molecule has 1 aliphatic rings. The van der Waals surface area contributed by atoms with Gasteiger partial charge in [-0.25, -0.2) is 0 Å². The quantitative estimate of drug-likeness (QED) is 0.427. The molecule has 2 amide bonds. The Labute approximate surface area is 198 Å². The van der Waals surface area contributed by atoms with Crippen molar-refractivity contribution in [1.82, 2.24) is 9.80 Å². The van der Waals surface area contributed by atoms with E-state index in [4.69, 9.17) is 0 Å². The van der Waals surface area contributed by atoms with Gasteiger partial charge in [-0.05, 0) is 37.3 Å². The number of carbonyl (C=O) groups excluding carboxylic acids is 2. The zero-order valence-corrected chi connectivity index (χ0v) is 18.7. The molecule has 10 nitrogen and oxygen atoms in total. The van der Waals surface area contributed by atoms with Crippen LogP contribution < -0.4 is 15.4 Å². The molecule has 2 N–H and O–H groups in total. The first-order valence-electron chi connectivity index (χ1n) is 10.7. The number of hydrogen-bond acceptors (Lipinski definition) is 7. The van der Waals surface area contributed by atoms with Crippen LogP contribution in [0.1, 0.15) is 6.92 Å². The Morgan fingerprint density at radius 2 is 1.71 bits per heavy atom. The third-order valence-corrected chi connectivity index (χ3v) is 5.40. The van der Waals surface area contributed by atoms with Crippen molar-refractivity contribution in [3.05, 3.63) is 58.6 Å². The molecule has 0 spiro atoms. The van der Waals surface area contributed by atoms with Gasteiger partial charge in [0, 0.05) is 49.7 Å². The van der Waals surface area contributed by atoms with Crippen LogP contribution in [0.3, 0.4) is 0 Å². The van der Waals surface area contributed by atoms with Crippen LogP contribution in [0.2, 0.25) is 0 Å². The van der Waals surface area contributed by atoms with Gasteiger partial charge in [0.1, 0.15) is 5.75 Å². The fourth-order valence-electron chi connectivity index (χ4n) is 3.56. The van der Waals surface area contributed by atoms with E-state index in [1.807, 2.05) is 9.80 Å². The van der Waals surface area contributed by atoms with Crippen LogP contribution in [0, 0.1) is 10.1 Å². The number of amides is 2. The summed E-state index contributed by atoms with van der Waals surface area (Å²) in [4.78, 5) is 39.1. The predicted molar refractivity (Wildman–Crippen MR) is 121 cm³/mol. The third kappa shape index (κ3) is 7.93. The summed E-state index contributed by atoms with van der Waals surface area (Å²) in [6.07, 6.45) is -4.78. The number of alkyl halides is 3. The molecule has 0 saturated carbocycles. The molecular formula is C22H24F3N5O5. The molecule has 1 atom stereocenters. The Hall–Kier alpha value is -3.71. The molecule has 1 heterocycles. The zero-order chi connectivity index (χ0) is 25.6. The summed E-state index contributed by atoms with van der Waals surface area (Å²) in [6.45, 7) is 3.94. The minimum Gasteiger partial charge on any atom is -0.406 e. The smallest absolute Gasteiger partial charge is 0.406 e. The Morgan fingerprint density at radius 1 is 1.06 bits per heavy atom. The number of halogens is 3. The molecule has 2 aromatic carbocycles. The van der Waals surface area contributed by atoms with Gasteiger partial charge in [0.05, 0.1) is 17.5 Å². The molecular weight excluding hydrogens is 471 g/mol. The van der Waals surface area contributed by atoms with Gasteiger partial charge in [0.2, 0.25) is 11.8 Å². The number of piperazine rings is 1. The maximum atomic E-state index is 12.6. The van der Waals surface area contributed by atoms with E-state index in [0.717, 1.165) is 12.1 Å². The molecule has 1 unspecified atom stereocenters. The van der Waals surface area contributed by atoms with E-state index in [-0.39, 0.29) is 29.8 Å². The Bertz CT molecular complexity index is 1060. The number of benzene rings is 2. The summed E-state index contributed by atoms with van der Waals surface area (Å²) in [7, 11) is 0. The van der Waals surface area contributed by atoms with Crippen LogP contribution in [0.15, 0.2) is 48.5 Å². The lowest BCUT2D eigenvalue weighted by atomic mass is 10.2. The van der Waals surface area contributed by atoms with Crippen LogP contribution in [0.4, 0.5) is 30.2 Å². The number of non-ortho nitro benzene ring substituents is 1. The lowest BCUT2D eigenvalue weighted by molar-refractivity contribution is -0.384. The summed E-state index contributed by atoms with van der Waals surface area (Å²) >= 11 is 0. The van der Waals surface area contributed by atoms with Gasteiger partial charge >= 0.3 is 6.36 Å². The van der Waals surface area contributed by atoms with Crippen LogP contribution >= 0.6 is 0 Å². The first kappa shape index (κ1) is 25.9. The number of carbonyl (C=O) groups is 2. The number of ether oxygens (including phenoxy) is 1. The summed E-state index contributed by atoms with van der Waals surface area (Å²) < 4.78 is 40.5. The van der Waals surface area contributed by atoms with Crippen molar-refractivity contribution in [2.24, 2.45) is 0 Å². The summed E-state index contributed by atoms with van der Waals surface area (Å²) in [5, 5.41) is 16.2. The van der Waals surface area contributed by atoms with E-state index < -0.39 is 17.3 Å². The SMILES string of the molecule is CC(C(=O)Nc1cccc([N+](=O)[O-])c1)N1CCN(CC(=O)Nc2ccc(OC(F)(F)F)cc2)CC1. The molecule has 188 valence electrons. The molecule has 1 fully saturated rings. The van der Waals surface area contributed by atoms with Crippen LogP contribution in [-0.4, -0.2) is 71.7 Å². The summed E-state index contributed by atoms with van der Waals surface area (Å²) in [6, 6.07) is 10.1. The second-order valence-corrected chi connectivity index (χ2v) is 7.91. The molecule has 0 aromatic heterocycles. The molecule has 35 heavy (non-hydrogen) atoms. The van der Waals surface area contributed by atoms with E-state index in [1.165, 1.54) is 30.3 Å². The van der Waals surface area contributed by atoms with Crippen molar-refractivity contribution in [3.63, 3.8) is 0 Å². The highest BCUT2D eigenvalue weighted by atomic mass is 19.4. The number of hydrogen-bond donors (Lipinski definition) is 2. The number of nitro benzene ring substituents is 1. The van der Waals surface area contributed by atoms with Gasteiger partial charge in [0.25, 0.3) is 5.69 Å². The highest BCUT2D eigenvalue weighted by molar-refractivity contribution is 5.95. The van der Waals surface area contributed by atoms with Crippen molar-refractivity contribution >= 4 is 28.9 Å². The van der Waals surface area contributed by atoms with Crippen molar-refractivity contribution in [2.45, 2.75) is 19.3 Å². The van der Waals surface area contributed by atoms with Gasteiger partial charge in [-0.3, -0.25) is 29.5 Å². The standard InChI is InChI=1S/C22H24F3N5O5/c1-15(21(32)27-17-3-2-4-18(13-17)30(33)34)29-11-9-28(10-12-29)14-20(31)26-16-5-7-19(8-6-16)35-22(23,24)25/h2-8,13,15H,9-12,14H2,1H3,(H,26,31)(H,27,32). The van der Waals surface area contributed by atoms with Crippen molar-refractivity contribution in [2.75, 3.05) is 43.4 Å². The normalized spacial score (nSPS) is 15.8. The van der Waals surface area contributed by atoms with Crippen molar-refractivity contribution in [1.29, 1.82) is 0 Å². The largest absolute Gasteiger partial charge is 0.573 e. The third-order valence-electron chi connectivity index (χ3n) is 5.40. The van der Waals surface area contributed by atoms with Crippen molar-refractivity contribution < 1.29 is 32.4 Å². The first-order chi connectivity index (χ1) is 16.5. The number of nitrogens with one attached hydrogen (secondary N) is 2. The first-order valence-corrected chi connectivity index (χ1v) is 10.7. The average Bonchev–Trinajstić information content (AvgIpc) is 2.79. The summed E-state index contributed by atoms with van der Waals surface area (Å²) in [5.74, 6) is -0.996. The highest BCUT2D eigenvalue weighted by Crippen LogP contribution is 2.24. The maximum absolute atomic E-state index is 12.6. The van der Waals surface area contributed by atoms with E-state index >= 15 is 0 Å². The van der Waals surface area contributed by atoms with E-state index in [1.54, 1.807) is 13.0 Å². The predicted octanol–water partition coefficient (Wildman–Crippen LogP) is 3.08. The van der Waals surface area contributed by atoms with Gasteiger partial charge in [-0.1, -0.05) is 6.07 Å². The minimum atomic E-state index is -4.78. The average molecular weight is 495 g/mol. The Balaban J connectivity index is 1.43. The topological polar surface area (TPSA) is 117 Å². The number of rotatable bonds is 8. The second kappa shape index (κ2) is 11.1. The van der Waals surface area contributed by atoms with Gasteiger partial charge < -0.3 is 15.4 Å². The molecule has 0 aliphatic carbocycles. The molecule has 1 saturated heterocycles. The highest BCUT2D eigenvalue weighted by Gasteiger charge is 2.31. The molecule has 3 rings (SSSR count). The minimum absolute atomic E-state index is 0.0862. The fraction of sp³-hybridized carbons (Fsp3) is 0.364. The van der Waals surface area contributed by atoms with Gasteiger partial charge in [-0.2, -0.15) is 0 Å². The Kier molecular flexibility index (Phi) is 8.25. The van der Waals surface area contributed by atoms with E-state index in [2.05, 4.69) is 15.4 Å². The fourth-order valence-corrected chi connectivity index (χ4v) is 3.56. The van der Waals surface area contributed by atoms with E-state index in [0.29, 0.717) is 37.6 Å². The second-order valence-electron chi connectivity index (χ2n) is 7.91. The molecule has 0 bridgehead atoms. The zero-order valence-electron chi connectivity index (χ0n) is 18.7. The molecule has 1 aliphatic heterocycles. The van der Waals surface area contributed by atoms with Crippen LogP contribution in [0.5, 0.6) is 5.75 Å². The van der Waals surface area contributed by atoms with Crippen molar-refractivity contribution in [3.8, 4) is 5.75 Å². The summed E-state index contributed by atoms with van der Waals surface area (Å²) in [5.41, 5.74) is 0.562. The molecule has 2 aromatic rings. The van der Waals surface area contributed by atoms with Crippen LogP contribution in [-0.2, 0) is 9.59 Å². The van der Waals surface area contributed by atoms with E-state index in [9.17, 15) is 32.9 Å². The van der Waals surface area contributed by atoms with Gasteiger partial charge in [0.15, 0.2) is 0 Å². The van der Waals surface area contributed by atoms with Crippen LogP contribution in [0.25, 0.3) is 0 Å². The number of nitrogens with zero attached hydrogens (tertiary/aromatic N) is 3. The monoisotopic (exact) mass is 495 g/mol. The Morgan fingerprint density at radius 3 is 2.31 bits per heavy atom. The number of anilines is 2. The number of nitro groups is 1. The molecule has 13 heteroatoms. The lowest BCUT2D eigenvalue weighted by Gasteiger charge is -2.37.